The van der Waals surface area contributed by atoms with Crippen LogP contribution in [0.15, 0.2) is 12.1 Å². The molecule has 1 aromatic rings. The van der Waals surface area contributed by atoms with Crippen molar-refractivity contribution in [1.29, 1.82) is 0 Å². The van der Waals surface area contributed by atoms with E-state index in [0.29, 0.717) is 19.7 Å². The summed E-state index contributed by atoms with van der Waals surface area (Å²) in [7, 11) is 0. The van der Waals surface area contributed by atoms with Gasteiger partial charge in [0.25, 0.3) is 0 Å². The lowest BCUT2D eigenvalue weighted by molar-refractivity contribution is 0.0425. The van der Waals surface area contributed by atoms with Crippen molar-refractivity contribution in [2.24, 2.45) is 0 Å². The van der Waals surface area contributed by atoms with Crippen molar-refractivity contribution in [3.8, 4) is 0 Å². The highest BCUT2D eigenvalue weighted by atomic mass is 19.1. The van der Waals surface area contributed by atoms with E-state index in [1.165, 1.54) is 4.90 Å². The fourth-order valence-corrected chi connectivity index (χ4v) is 3.01. The Morgan fingerprint density at radius 3 is 2.58 bits per heavy atom. The Labute approximate surface area is 148 Å². The fourth-order valence-electron chi connectivity index (χ4n) is 3.01. The zero-order valence-corrected chi connectivity index (χ0v) is 14.1. The first-order valence-electron chi connectivity index (χ1n) is 8.19. The molecule has 2 saturated heterocycles. The van der Waals surface area contributed by atoms with Crippen LogP contribution < -0.4 is 15.1 Å². The lowest BCUT2D eigenvalue weighted by atomic mass is 10.1. The number of anilines is 2. The van der Waals surface area contributed by atoms with Gasteiger partial charge in [-0.1, -0.05) is 0 Å². The number of nitrogens with zero attached hydrogens (tertiary/aromatic N) is 2. The average molecular weight is 371 g/mol. The second-order valence-electron chi connectivity index (χ2n) is 6.04. The predicted octanol–water partition coefficient (Wildman–Crippen LogP) is 1.78. The first kappa shape index (κ1) is 18.2. The van der Waals surface area contributed by atoms with Gasteiger partial charge in [-0.25, -0.2) is 18.4 Å². The number of cyclic esters (lactones) is 1. The number of ether oxygens (including phenoxy) is 2. The quantitative estimate of drug-likeness (QED) is 0.792. The van der Waals surface area contributed by atoms with Crippen LogP contribution in [0.25, 0.3) is 0 Å². The summed E-state index contributed by atoms with van der Waals surface area (Å²) in [6.07, 6.45) is -2.81. The van der Waals surface area contributed by atoms with Gasteiger partial charge in [-0.3, -0.25) is 4.90 Å². The largest absolute Gasteiger partial charge is 0.465 e. The van der Waals surface area contributed by atoms with Crippen molar-refractivity contribution in [2.75, 3.05) is 42.6 Å². The van der Waals surface area contributed by atoms with Crippen LogP contribution in [0.1, 0.15) is 6.92 Å². The van der Waals surface area contributed by atoms with Gasteiger partial charge in [-0.05, 0) is 6.92 Å². The molecule has 0 saturated carbocycles. The molecule has 26 heavy (non-hydrogen) atoms. The molecule has 1 aromatic carbocycles. The van der Waals surface area contributed by atoms with Crippen LogP contribution in [-0.2, 0) is 9.47 Å². The van der Waals surface area contributed by atoms with Gasteiger partial charge in [0, 0.05) is 31.8 Å². The fraction of sp³-hybridized carbons (Fsp3) is 0.500. The van der Waals surface area contributed by atoms with E-state index in [2.05, 4.69) is 5.32 Å². The number of hydrogen-bond donors (Lipinski definition) is 2. The summed E-state index contributed by atoms with van der Waals surface area (Å²) >= 11 is 0. The standard InChI is InChI=1S/C16H19F2N3O5/c1-2-25-11-6-20(7-11)14-12(17)3-9(4-13(14)18)21-8-10(26-16(21)24)5-19-15(22)23/h3-4,10-11,19H,2,5-8H2,1H3,(H,22,23)/t10-/m0/s1. The minimum atomic E-state index is -1.25. The molecule has 10 heteroatoms. The van der Waals surface area contributed by atoms with Gasteiger partial charge >= 0.3 is 12.2 Å². The maximum absolute atomic E-state index is 14.4. The summed E-state index contributed by atoms with van der Waals surface area (Å²) in [6, 6.07) is 2.14. The highest BCUT2D eigenvalue weighted by molar-refractivity contribution is 5.90. The van der Waals surface area contributed by atoms with Crippen LogP contribution in [0.4, 0.5) is 29.7 Å². The molecule has 0 aromatic heterocycles. The summed E-state index contributed by atoms with van der Waals surface area (Å²) in [5.74, 6) is -1.57. The number of benzene rings is 1. The van der Waals surface area contributed by atoms with E-state index in [1.807, 2.05) is 6.92 Å². The van der Waals surface area contributed by atoms with Crippen LogP contribution in [0, 0.1) is 11.6 Å². The molecule has 1 atom stereocenters. The molecule has 3 rings (SSSR count). The molecule has 2 N–H and O–H groups in total. The van der Waals surface area contributed by atoms with E-state index in [1.54, 1.807) is 0 Å². The second-order valence-corrected chi connectivity index (χ2v) is 6.04. The molecule has 0 spiro atoms. The molecule has 0 radical (unpaired) electrons. The summed E-state index contributed by atoms with van der Waals surface area (Å²) < 4.78 is 39.2. The maximum Gasteiger partial charge on any atom is 0.414 e. The molecule has 0 unspecified atom stereocenters. The molecule has 0 bridgehead atoms. The number of hydrogen-bond acceptors (Lipinski definition) is 5. The smallest absolute Gasteiger partial charge is 0.414 e. The molecule has 8 nitrogen and oxygen atoms in total. The highest BCUT2D eigenvalue weighted by Gasteiger charge is 2.35. The molecule has 2 amide bonds. The normalized spacial score (nSPS) is 20.1. The van der Waals surface area contributed by atoms with Gasteiger partial charge in [0.2, 0.25) is 0 Å². The minimum Gasteiger partial charge on any atom is -0.465 e. The zero-order valence-electron chi connectivity index (χ0n) is 14.1. The zero-order chi connectivity index (χ0) is 18.8. The third-order valence-corrected chi connectivity index (χ3v) is 4.24. The Bertz CT molecular complexity index is 688. The Morgan fingerprint density at radius 1 is 1.35 bits per heavy atom. The maximum atomic E-state index is 14.4. The molecule has 0 aliphatic carbocycles. The first-order valence-corrected chi connectivity index (χ1v) is 8.19. The van der Waals surface area contributed by atoms with Gasteiger partial charge in [0.05, 0.1) is 24.9 Å². The Balaban J connectivity index is 1.70. The van der Waals surface area contributed by atoms with Gasteiger partial charge < -0.3 is 24.8 Å². The van der Waals surface area contributed by atoms with Gasteiger partial charge in [0.15, 0.2) is 11.6 Å². The number of halogens is 2. The number of nitrogens with one attached hydrogen (secondary N) is 1. The number of carbonyl (C=O) groups excluding carboxylic acids is 1. The molecule has 2 heterocycles. The van der Waals surface area contributed by atoms with Crippen LogP contribution in [0.5, 0.6) is 0 Å². The first-order chi connectivity index (χ1) is 12.4. The summed E-state index contributed by atoms with van der Waals surface area (Å²) in [5, 5.41) is 10.7. The van der Waals surface area contributed by atoms with E-state index < -0.39 is 29.9 Å². The third-order valence-electron chi connectivity index (χ3n) is 4.24. The number of carbonyl (C=O) groups is 2. The van der Waals surface area contributed by atoms with E-state index in [0.717, 1.165) is 17.0 Å². The monoisotopic (exact) mass is 371 g/mol. The van der Waals surface area contributed by atoms with Crippen molar-refractivity contribution in [3.05, 3.63) is 23.8 Å². The summed E-state index contributed by atoms with van der Waals surface area (Å²) in [6.45, 7) is 3.08. The summed E-state index contributed by atoms with van der Waals surface area (Å²) in [5.41, 5.74) is -0.130. The van der Waals surface area contributed by atoms with Crippen molar-refractivity contribution < 1.29 is 33.0 Å². The topological polar surface area (TPSA) is 91.3 Å². The third kappa shape index (κ3) is 3.64. The highest BCUT2D eigenvalue weighted by Crippen LogP contribution is 2.33. The van der Waals surface area contributed by atoms with Crippen molar-refractivity contribution in [1.82, 2.24) is 5.32 Å². The van der Waals surface area contributed by atoms with E-state index in [-0.39, 0.29) is 30.6 Å². The van der Waals surface area contributed by atoms with Crippen molar-refractivity contribution in [2.45, 2.75) is 19.1 Å². The van der Waals surface area contributed by atoms with Crippen molar-refractivity contribution in [3.63, 3.8) is 0 Å². The van der Waals surface area contributed by atoms with E-state index in [9.17, 15) is 18.4 Å². The molecule has 2 fully saturated rings. The van der Waals surface area contributed by atoms with Crippen molar-refractivity contribution >= 4 is 23.6 Å². The summed E-state index contributed by atoms with van der Waals surface area (Å²) in [4.78, 5) is 25.0. The number of carboxylic acid groups (broad SMARTS) is 1. The van der Waals surface area contributed by atoms with Gasteiger partial charge in [-0.15, -0.1) is 0 Å². The minimum absolute atomic E-state index is 0.00648. The number of amides is 2. The number of rotatable bonds is 6. The van der Waals surface area contributed by atoms with Crippen LogP contribution >= 0.6 is 0 Å². The van der Waals surface area contributed by atoms with E-state index in [4.69, 9.17) is 14.6 Å². The SMILES string of the molecule is CCOC1CN(c2c(F)cc(N3C[C@H](CNC(=O)O)OC3=O)cc2F)C1. The Kier molecular flexibility index (Phi) is 5.12. The molecular weight excluding hydrogens is 352 g/mol. The molecule has 2 aliphatic heterocycles. The van der Waals surface area contributed by atoms with E-state index >= 15 is 0 Å². The Morgan fingerprint density at radius 2 is 2.00 bits per heavy atom. The average Bonchev–Trinajstić information content (AvgIpc) is 2.90. The van der Waals surface area contributed by atoms with Gasteiger partial charge in [0.1, 0.15) is 11.8 Å². The molecule has 2 aliphatic rings. The van der Waals surface area contributed by atoms with Gasteiger partial charge in [-0.2, -0.15) is 0 Å². The molecular formula is C16H19F2N3O5. The second kappa shape index (κ2) is 7.32. The Hall–Kier alpha value is -2.62. The predicted molar refractivity (Wildman–Crippen MR) is 87.6 cm³/mol. The lowest BCUT2D eigenvalue weighted by Gasteiger charge is -2.40. The van der Waals surface area contributed by atoms with Crippen LogP contribution in [0.3, 0.4) is 0 Å². The van der Waals surface area contributed by atoms with Crippen LogP contribution in [0.2, 0.25) is 0 Å². The lowest BCUT2D eigenvalue weighted by Crippen LogP contribution is -2.53. The van der Waals surface area contributed by atoms with Crippen LogP contribution in [-0.4, -0.2) is 62.3 Å². The molecule has 142 valence electrons.